The second-order valence-corrected chi connectivity index (χ2v) is 6.22. The van der Waals surface area contributed by atoms with Gasteiger partial charge in [-0.15, -0.1) is 0 Å². The van der Waals surface area contributed by atoms with Crippen LogP contribution in [0, 0.1) is 0 Å². The quantitative estimate of drug-likeness (QED) is 0.383. The number of carbonyl (C=O) groups is 1. The third-order valence-electron chi connectivity index (χ3n) is 4.35. The highest BCUT2D eigenvalue weighted by molar-refractivity contribution is 6.03. The fourth-order valence-corrected chi connectivity index (χ4v) is 3.04. The fourth-order valence-electron chi connectivity index (χ4n) is 3.04. The van der Waals surface area contributed by atoms with Gasteiger partial charge < -0.3 is 9.47 Å². The number of nitrogens with zero attached hydrogens (tertiary/aromatic N) is 2. The molecule has 4 rings (SSSR count). The van der Waals surface area contributed by atoms with Gasteiger partial charge in [0.25, 0.3) is 5.56 Å². The van der Waals surface area contributed by atoms with Crippen molar-refractivity contribution in [2.75, 3.05) is 6.61 Å². The summed E-state index contributed by atoms with van der Waals surface area (Å²) in [7, 11) is 0. The normalized spacial score (nSPS) is 10.7. The Morgan fingerprint density at radius 1 is 0.862 bits per heavy atom. The van der Waals surface area contributed by atoms with Crippen molar-refractivity contribution < 1.29 is 14.3 Å². The largest absolute Gasteiger partial charge is 0.490 e. The first-order valence-corrected chi connectivity index (χ1v) is 9.20. The van der Waals surface area contributed by atoms with E-state index in [4.69, 9.17) is 9.47 Å². The molecule has 29 heavy (non-hydrogen) atoms. The molecule has 0 bridgehead atoms. The maximum absolute atomic E-state index is 13.0. The van der Waals surface area contributed by atoms with Gasteiger partial charge in [-0.25, -0.2) is 4.79 Å². The molecular formula is C23H18N2O4. The molecule has 0 aliphatic heterocycles. The highest BCUT2D eigenvalue weighted by Crippen LogP contribution is 2.27. The minimum absolute atomic E-state index is 0.0513. The Labute approximate surface area is 166 Å². The number of fused-ring (bicyclic) bond motifs is 1. The molecule has 6 nitrogen and oxygen atoms in total. The number of benzene rings is 3. The Balaban J connectivity index is 1.84. The molecule has 1 heterocycles. The molecule has 0 amide bonds. The lowest BCUT2D eigenvalue weighted by Crippen LogP contribution is -2.26. The zero-order valence-corrected chi connectivity index (χ0v) is 15.7. The molecule has 0 aliphatic carbocycles. The van der Waals surface area contributed by atoms with Crippen LogP contribution in [0.5, 0.6) is 11.5 Å². The number of esters is 1. The molecule has 3 aromatic carbocycles. The summed E-state index contributed by atoms with van der Waals surface area (Å²) in [5.74, 6) is 0.0877. The summed E-state index contributed by atoms with van der Waals surface area (Å²) in [6, 6.07) is 22.7. The maximum atomic E-state index is 13.0. The highest BCUT2D eigenvalue weighted by atomic mass is 16.6. The van der Waals surface area contributed by atoms with Gasteiger partial charge in [-0.2, -0.15) is 9.78 Å². The molecule has 0 aliphatic rings. The number of hydrogen-bond acceptors (Lipinski definition) is 5. The summed E-state index contributed by atoms with van der Waals surface area (Å²) in [6.07, 6.45) is 0. The molecule has 0 unspecified atom stereocenters. The predicted octanol–water partition coefficient (Wildman–Crippen LogP) is 4.00. The first-order valence-electron chi connectivity index (χ1n) is 9.20. The van der Waals surface area contributed by atoms with E-state index < -0.39 is 5.97 Å². The molecule has 0 saturated heterocycles. The van der Waals surface area contributed by atoms with Crippen molar-refractivity contribution in [2.24, 2.45) is 0 Å². The van der Waals surface area contributed by atoms with Crippen molar-refractivity contribution in [3.8, 4) is 17.2 Å². The van der Waals surface area contributed by atoms with Crippen LogP contribution in [-0.4, -0.2) is 22.4 Å². The van der Waals surface area contributed by atoms with Gasteiger partial charge in [-0.1, -0.05) is 48.5 Å². The van der Waals surface area contributed by atoms with Gasteiger partial charge >= 0.3 is 5.97 Å². The van der Waals surface area contributed by atoms with Gasteiger partial charge in [0.05, 0.1) is 17.7 Å². The number of carbonyl (C=O) groups excluding carboxylic acids is 1. The van der Waals surface area contributed by atoms with E-state index in [1.54, 1.807) is 72.8 Å². The molecule has 144 valence electrons. The van der Waals surface area contributed by atoms with Gasteiger partial charge in [0.1, 0.15) is 0 Å². The molecular weight excluding hydrogens is 368 g/mol. The van der Waals surface area contributed by atoms with Crippen LogP contribution in [0.2, 0.25) is 0 Å². The summed E-state index contributed by atoms with van der Waals surface area (Å²) >= 11 is 0. The first-order chi connectivity index (χ1) is 14.2. The average molecular weight is 386 g/mol. The summed E-state index contributed by atoms with van der Waals surface area (Å²) in [6.45, 7) is 2.29. The van der Waals surface area contributed by atoms with Crippen molar-refractivity contribution in [1.82, 2.24) is 9.78 Å². The molecule has 0 atom stereocenters. The van der Waals surface area contributed by atoms with Crippen LogP contribution in [0.15, 0.2) is 83.7 Å². The van der Waals surface area contributed by atoms with E-state index in [2.05, 4.69) is 5.10 Å². The minimum Gasteiger partial charge on any atom is -0.490 e. The second kappa shape index (κ2) is 7.98. The zero-order chi connectivity index (χ0) is 20.2. The van der Waals surface area contributed by atoms with Crippen molar-refractivity contribution in [3.05, 3.63) is 94.9 Å². The summed E-state index contributed by atoms with van der Waals surface area (Å²) in [4.78, 5) is 26.0. The Morgan fingerprint density at radius 2 is 1.48 bits per heavy atom. The summed E-state index contributed by atoms with van der Waals surface area (Å²) in [5.41, 5.74) is 0.306. The topological polar surface area (TPSA) is 70.4 Å². The van der Waals surface area contributed by atoms with Crippen LogP contribution in [-0.2, 0) is 0 Å². The molecule has 0 spiro atoms. The van der Waals surface area contributed by atoms with Crippen LogP contribution in [0.1, 0.15) is 17.4 Å². The molecule has 0 N–H and O–H groups in total. The Bertz CT molecular complexity index is 1230. The summed E-state index contributed by atoms with van der Waals surface area (Å²) < 4.78 is 12.3. The molecule has 1 aromatic heterocycles. The highest BCUT2D eigenvalue weighted by Gasteiger charge is 2.20. The maximum Gasteiger partial charge on any atom is 0.364 e. The lowest BCUT2D eigenvalue weighted by atomic mass is 10.1. The lowest BCUT2D eigenvalue weighted by molar-refractivity contribution is 0.0722. The van der Waals surface area contributed by atoms with E-state index in [9.17, 15) is 9.59 Å². The van der Waals surface area contributed by atoms with Crippen LogP contribution < -0.4 is 15.0 Å². The van der Waals surface area contributed by atoms with Crippen molar-refractivity contribution in [1.29, 1.82) is 0 Å². The average Bonchev–Trinajstić information content (AvgIpc) is 2.76. The monoisotopic (exact) mass is 386 g/mol. The van der Waals surface area contributed by atoms with E-state index in [0.717, 1.165) is 0 Å². The molecule has 0 saturated carbocycles. The smallest absolute Gasteiger partial charge is 0.364 e. The third-order valence-corrected chi connectivity index (χ3v) is 4.35. The van der Waals surface area contributed by atoms with Crippen molar-refractivity contribution >= 4 is 16.7 Å². The Morgan fingerprint density at radius 3 is 2.21 bits per heavy atom. The minimum atomic E-state index is -0.668. The second-order valence-electron chi connectivity index (χ2n) is 6.22. The predicted molar refractivity (Wildman–Crippen MR) is 110 cm³/mol. The van der Waals surface area contributed by atoms with E-state index >= 15 is 0 Å². The number of rotatable bonds is 5. The lowest BCUT2D eigenvalue weighted by Gasteiger charge is -2.12. The zero-order valence-electron chi connectivity index (χ0n) is 15.7. The number of aromatic nitrogens is 2. The Kier molecular flexibility index (Phi) is 5.07. The van der Waals surface area contributed by atoms with Crippen molar-refractivity contribution in [2.45, 2.75) is 6.92 Å². The van der Waals surface area contributed by atoms with Crippen LogP contribution in [0.4, 0.5) is 0 Å². The van der Waals surface area contributed by atoms with E-state index in [-0.39, 0.29) is 11.3 Å². The van der Waals surface area contributed by atoms with Gasteiger partial charge in [0.15, 0.2) is 17.2 Å². The van der Waals surface area contributed by atoms with E-state index in [1.165, 1.54) is 4.68 Å². The van der Waals surface area contributed by atoms with Gasteiger partial charge in [-0.05, 0) is 37.3 Å². The van der Waals surface area contributed by atoms with Crippen molar-refractivity contribution in [3.63, 3.8) is 0 Å². The molecule has 6 heteroatoms. The Hall–Kier alpha value is -3.93. The number of ether oxygens (including phenoxy) is 2. The SMILES string of the molecule is CCOc1ccccc1OC(=O)c1nn(-c2ccccc2)c(=O)c2ccccc12. The fraction of sp³-hybridized carbons (Fsp3) is 0.0870. The van der Waals surface area contributed by atoms with Crippen LogP contribution >= 0.6 is 0 Å². The number of hydrogen-bond donors (Lipinski definition) is 0. The van der Waals surface area contributed by atoms with Crippen LogP contribution in [0.25, 0.3) is 16.5 Å². The standard InChI is InChI=1S/C23H18N2O4/c1-2-28-19-14-8-9-15-20(19)29-23(27)21-17-12-6-7-13-18(17)22(26)25(24-21)16-10-4-3-5-11-16/h3-15H,2H2,1H3. The molecule has 0 fully saturated rings. The van der Waals surface area contributed by atoms with Gasteiger partial charge in [0, 0.05) is 5.39 Å². The number of para-hydroxylation sites is 3. The molecule has 0 radical (unpaired) electrons. The third kappa shape index (κ3) is 3.60. The van der Waals surface area contributed by atoms with Crippen LogP contribution in [0.3, 0.4) is 0 Å². The van der Waals surface area contributed by atoms with E-state index in [0.29, 0.717) is 34.6 Å². The molecule has 4 aromatic rings. The van der Waals surface area contributed by atoms with Gasteiger partial charge in [0.2, 0.25) is 0 Å². The van der Waals surface area contributed by atoms with E-state index in [1.807, 2.05) is 13.0 Å². The summed E-state index contributed by atoms with van der Waals surface area (Å²) in [5, 5.41) is 5.15. The van der Waals surface area contributed by atoms with Gasteiger partial charge in [-0.3, -0.25) is 4.79 Å². The first kappa shape index (κ1) is 18.4.